The molecule has 5 rings (SSSR count). The highest BCUT2D eigenvalue weighted by molar-refractivity contribution is 6.13. The van der Waals surface area contributed by atoms with Gasteiger partial charge in [0.1, 0.15) is 11.6 Å². The molecule has 8 nitrogen and oxygen atoms in total. The van der Waals surface area contributed by atoms with E-state index < -0.39 is 0 Å². The summed E-state index contributed by atoms with van der Waals surface area (Å²) in [7, 11) is 3.71. The maximum atomic E-state index is 13.1. The minimum absolute atomic E-state index is 0.0451. The zero-order valence-corrected chi connectivity index (χ0v) is 21.7. The van der Waals surface area contributed by atoms with Crippen molar-refractivity contribution >= 4 is 40.4 Å². The summed E-state index contributed by atoms with van der Waals surface area (Å²) in [4.78, 5) is 36.3. The Morgan fingerprint density at radius 2 is 1.76 bits per heavy atom. The summed E-state index contributed by atoms with van der Waals surface area (Å²) in [5, 5.41) is 3.38. The van der Waals surface area contributed by atoms with E-state index in [9.17, 15) is 9.59 Å². The molecular weight excluding hydrogens is 466 g/mol. The predicted molar refractivity (Wildman–Crippen MR) is 147 cm³/mol. The number of carbonyl (C=O) groups excluding carboxylic acids is 2. The number of likely N-dealkylation sites (tertiary alicyclic amines) is 1. The number of benzene rings is 2. The molecule has 2 aliphatic heterocycles. The van der Waals surface area contributed by atoms with Crippen LogP contribution in [0, 0.1) is 0 Å². The number of aromatic nitrogens is 1. The first kappa shape index (κ1) is 24.6. The molecule has 0 radical (unpaired) electrons. The molecule has 2 aromatic carbocycles. The van der Waals surface area contributed by atoms with Gasteiger partial charge < -0.3 is 24.8 Å². The van der Waals surface area contributed by atoms with Crippen LogP contribution in [0.1, 0.15) is 53.3 Å². The fourth-order valence-corrected chi connectivity index (χ4v) is 4.91. The lowest BCUT2D eigenvalue weighted by atomic mass is 10.1. The van der Waals surface area contributed by atoms with E-state index in [0.717, 1.165) is 55.1 Å². The second kappa shape index (κ2) is 10.5. The third kappa shape index (κ3) is 4.83. The molecule has 0 aliphatic carbocycles. The summed E-state index contributed by atoms with van der Waals surface area (Å²) in [5.41, 5.74) is 4.41. The number of para-hydroxylation sites is 1. The van der Waals surface area contributed by atoms with E-state index >= 15 is 0 Å². The van der Waals surface area contributed by atoms with E-state index in [0.29, 0.717) is 29.3 Å². The summed E-state index contributed by atoms with van der Waals surface area (Å²) in [5.74, 6) is 1.20. The smallest absolute Gasteiger partial charge is 0.260 e. The van der Waals surface area contributed by atoms with E-state index in [4.69, 9.17) is 4.74 Å². The van der Waals surface area contributed by atoms with E-state index in [1.807, 2.05) is 65.4 Å². The van der Waals surface area contributed by atoms with Crippen molar-refractivity contribution in [3.05, 3.63) is 65.9 Å². The van der Waals surface area contributed by atoms with E-state index in [1.54, 1.807) is 18.1 Å². The number of anilines is 5. The Morgan fingerprint density at radius 3 is 2.54 bits per heavy atom. The molecule has 1 N–H and O–H groups in total. The highest BCUT2D eigenvalue weighted by atomic mass is 16.5. The Bertz CT molecular complexity index is 1320. The standard InChI is InChI=1S/C29H33N5O3/c1-4-16-37-26-17-20(28(35)34-14-8-5-9-15-34)12-13-22(26)31-27-18-24-25(19-30-27)33(3)29(36)21-10-6-7-11-23(21)32(24)2/h6-7,10-13,17-19H,4-5,8-9,14-16H2,1-3H3,(H,30,31). The van der Waals surface area contributed by atoms with Crippen molar-refractivity contribution in [3.63, 3.8) is 0 Å². The first-order chi connectivity index (χ1) is 18.0. The van der Waals surface area contributed by atoms with Crippen LogP contribution in [0.5, 0.6) is 5.75 Å². The lowest BCUT2D eigenvalue weighted by Gasteiger charge is -2.27. The fourth-order valence-electron chi connectivity index (χ4n) is 4.91. The summed E-state index contributed by atoms with van der Waals surface area (Å²) in [6.45, 7) is 4.20. The van der Waals surface area contributed by atoms with Crippen LogP contribution in [0.25, 0.3) is 0 Å². The Hall–Kier alpha value is -4.07. The van der Waals surface area contributed by atoms with Crippen molar-refractivity contribution in [2.45, 2.75) is 32.6 Å². The number of carbonyl (C=O) groups is 2. The van der Waals surface area contributed by atoms with Crippen LogP contribution in [0.4, 0.5) is 28.6 Å². The van der Waals surface area contributed by atoms with Gasteiger partial charge in [0, 0.05) is 38.8 Å². The molecular formula is C29H33N5O3. The lowest BCUT2D eigenvalue weighted by molar-refractivity contribution is 0.0723. The number of hydrogen-bond donors (Lipinski definition) is 1. The molecule has 1 saturated heterocycles. The first-order valence-electron chi connectivity index (χ1n) is 12.9. The Kier molecular flexibility index (Phi) is 6.99. The van der Waals surface area contributed by atoms with Gasteiger partial charge in [-0.2, -0.15) is 0 Å². The van der Waals surface area contributed by atoms with Crippen LogP contribution in [-0.4, -0.2) is 55.5 Å². The molecule has 0 atom stereocenters. The highest BCUT2D eigenvalue weighted by Crippen LogP contribution is 2.40. The number of hydrogen-bond acceptors (Lipinski definition) is 6. The van der Waals surface area contributed by atoms with Crippen molar-refractivity contribution < 1.29 is 14.3 Å². The third-order valence-corrected chi connectivity index (χ3v) is 6.98. The molecule has 1 fully saturated rings. The lowest BCUT2D eigenvalue weighted by Crippen LogP contribution is -2.35. The van der Waals surface area contributed by atoms with Crippen LogP contribution in [0.15, 0.2) is 54.7 Å². The summed E-state index contributed by atoms with van der Waals surface area (Å²) < 4.78 is 6.04. The van der Waals surface area contributed by atoms with Crippen molar-refractivity contribution in [1.29, 1.82) is 0 Å². The number of piperidine rings is 1. The number of rotatable bonds is 6. The van der Waals surface area contributed by atoms with Crippen LogP contribution in [0.2, 0.25) is 0 Å². The molecule has 192 valence electrons. The second-order valence-corrected chi connectivity index (χ2v) is 9.54. The van der Waals surface area contributed by atoms with Crippen molar-refractivity contribution in [2.75, 3.05) is 48.9 Å². The minimum atomic E-state index is -0.0760. The number of amides is 2. The SMILES string of the molecule is CCCOc1cc(C(=O)N2CCCCC2)ccc1Nc1cc2c(cn1)N(C)C(=O)c1ccccc1N2C. The Labute approximate surface area is 217 Å². The molecule has 1 aromatic heterocycles. The third-order valence-electron chi connectivity index (χ3n) is 6.98. The molecule has 3 heterocycles. The number of nitrogens with zero attached hydrogens (tertiary/aromatic N) is 4. The molecule has 0 saturated carbocycles. The van der Waals surface area contributed by atoms with Gasteiger partial charge in [-0.1, -0.05) is 19.1 Å². The van der Waals surface area contributed by atoms with Crippen LogP contribution >= 0.6 is 0 Å². The molecule has 0 unspecified atom stereocenters. The molecule has 0 bridgehead atoms. The second-order valence-electron chi connectivity index (χ2n) is 9.54. The van der Waals surface area contributed by atoms with Gasteiger partial charge in [-0.05, 0) is 56.0 Å². The van der Waals surface area contributed by atoms with E-state index in [1.165, 1.54) is 6.42 Å². The van der Waals surface area contributed by atoms with Gasteiger partial charge in [0.25, 0.3) is 11.8 Å². The van der Waals surface area contributed by atoms with Gasteiger partial charge >= 0.3 is 0 Å². The number of nitrogens with one attached hydrogen (secondary N) is 1. The minimum Gasteiger partial charge on any atom is -0.491 e. The van der Waals surface area contributed by atoms with Crippen LogP contribution in [0.3, 0.4) is 0 Å². The normalized spacial score (nSPS) is 15.1. The largest absolute Gasteiger partial charge is 0.491 e. The molecule has 8 heteroatoms. The molecule has 3 aromatic rings. The number of ether oxygens (including phenoxy) is 1. The van der Waals surface area contributed by atoms with E-state index in [2.05, 4.69) is 17.2 Å². The topological polar surface area (TPSA) is 78.0 Å². The van der Waals surface area contributed by atoms with Crippen molar-refractivity contribution in [3.8, 4) is 5.75 Å². The van der Waals surface area contributed by atoms with Gasteiger partial charge in [0.05, 0.1) is 41.1 Å². The first-order valence-corrected chi connectivity index (χ1v) is 12.9. The number of fused-ring (bicyclic) bond motifs is 2. The fraction of sp³-hybridized carbons (Fsp3) is 0.345. The van der Waals surface area contributed by atoms with Crippen LogP contribution < -0.4 is 19.9 Å². The summed E-state index contributed by atoms with van der Waals surface area (Å²) >= 11 is 0. The Morgan fingerprint density at radius 1 is 0.973 bits per heavy atom. The maximum absolute atomic E-state index is 13.1. The zero-order chi connectivity index (χ0) is 25.9. The van der Waals surface area contributed by atoms with Gasteiger partial charge in [0.2, 0.25) is 0 Å². The average Bonchev–Trinajstić information content (AvgIpc) is 3.02. The van der Waals surface area contributed by atoms with Gasteiger partial charge in [-0.3, -0.25) is 9.59 Å². The van der Waals surface area contributed by atoms with E-state index in [-0.39, 0.29) is 11.8 Å². The predicted octanol–water partition coefficient (Wildman–Crippen LogP) is 5.60. The summed E-state index contributed by atoms with van der Waals surface area (Å²) in [6.07, 6.45) is 5.84. The highest BCUT2D eigenvalue weighted by Gasteiger charge is 2.28. The van der Waals surface area contributed by atoms with Gasteiger partial charge in [-0.25, -0.2) is 4.98 Å². The maximum Gasteiger partial charge on any atom is 0.260 e. The molecule has 2 amide bonds. The molecule has 37 heavy (non-hydrogen) atoms. The summed E-state index contributed by atoms with van der Waals surface area (Å²) in [6, 6.07) is 15.1. The van der Waals surface area contributed by atoms with Gasteiger partial charge in [0.15, 0.2) is 0 Å². The monoisotopic (exact) mass is 499 g/mol. The van der Waals surface area contributed by atoms with Crippen molar-refractivity contribution in [2.24, 2.45) is 0 Å². The average molecular weight is 500 g/mol. The zero-order valence-electron chi connectivity index (χ0n) is 21.7. The van der Waals surface area contributed by atoms with Gasteiger partial charge in [-0.15, -0.1) is 0 Å². The van der Waals surface area contributed by atoms with Crippen molar-refractivity contribution in [1.82, 2.24) is 9.88 Å². The molecule has 0 spiro atoms. The quantitative estimate of drug-likeness (QED) is 0.476. The Balaban J connectivity index is 1.46. The van der Waals surface area contributed by atoms with Crippen LogP contribution in [-0.2, 0) is 0 Å². The number of pyridine rings is 1. The molecule has 2 aliphatic rings.